The topological polar surface area (TPSA) is 56.6 Å². The number of amides is 1. The number of imidazole rings is 1. The molecule has 2 aliphatic rings. The molecule has 1 amide bonds. The summed E-state index contributed by atoms with van der Waals surface area (Å²) in [5.41, 5.74) is 2.06. The maximum atomic E-state index is 12.7. The van der Waals surface area contributed by atoms with Crippen LogP contribution in [0.3, 0.4) is 0 Å². The van der Waals surface area contributed by atoms with Crippen molar-refractivity contribution in [3.63, 3.8) is 0 Å². The van der Waals surface area contributed by atoms with Crippen molar-refractivity contribution < 1.29 is 14.3 Å². The molecule has 2 atom stereocenters. The summed E-state index contributed by atoms with van der Waals surface area (Å²) in [6.45, 7) is 3.47. The number of hydrogen-bond acceptors (Lipinski definition) is 4. The number of fused-ring (bicyclic) bond motifs is 1. The first-order valence-corrected chi connectivity index (χ1v) is 10.8. The number of rotatable bonds is 7. The Bertz CT molecular complexity index is 1010. The second kappa shape index (κ2) is 8.48. The van der Waals surface area contributed by atoms with Crippen LogP contribution in [0.2, 0.25) is 0 Å². The molecule has 6 nitrogen and oxygen atoms in total. The Morgan fingerprint density at radius 3 is 2.77 bits per heavy atom. The van der Waals surface area contributed by atoms with Gasteiger partial charge in [0.15, 0.2) is 0 Å². The number of aromatic nitrogens is 2. The summed E-state index contributed by atoms with van der Waals surface area (Å²) in [7, 11) is 0. The first kappa shape index (κ1) is 19.1. The molecule has 0 spiro atoms. The number of para-hydroxylation sites is 3. The second-order valence-electron chi connectivity index (χ2n) is 8.11. The van der Waals surface area contributed by atoms with E-state index < -0.39 is 0 Å². The highest BCUT2D eigenvalue weighted by Gasteiger charge is 2.35. The Balaban J connectivity index is 1.34. The zero-order valence-electron chi connectivity index (χ0n) is 17.1. The van der Waals surface area contributed by atoms with Gasteiger partial charge in [0.05, 0.1) is 23.7 Å². The van der Waals surface area contributed by atoms with Crippen LogP contribution in [0.15, 0.2) is 54.6 Å². The first-order valence-electron chi connectivity index (χ1n) is 10.8. The van der Waals surface area contributed by atoms with Gasteiger partial charge in [0.2, 0.25) is 5.91 Å². The van der Waals surface area contributed by atoms with Gasteiger partial charge in [-0.2, -0.15) is 0 Å². The molecule has 30 heavy (non-hydrogen) atoms. The van der Waals surface area contributed by atoms with E-state index >= 15 is 0 Å². The number of benzene rings is 2. The third-order valence-electron chi connectivity index (χ3n) is 6.04. The summed E-state index contributed by atoms with van der Waals surface area (Å²) < 4.78 is 13.9. The molecule has 0 unspecified atom stereocenters. The molecule has 2 fully saturated rings. The van der Waals surface area contributed by atoms with Gasteiger partial charge in [0, 0.05) is 32.0 Å². The van der Waals surface area contributed by atoms with Gasteiger partial charge in [-0.3, -0.25) is 4.79 Å². The van der Waals surface area contributed by atoms with E-state index in [2.05, 4.69) is 10.6 Å². The van der Waals surface area contributed by atoms with Crippen molar-refractivity contribution in [2.24, 2.45) is 0 Å². The molecule has 156 valence electrons. The van der Waals surface area contributed by atoms with E-state index in [1.165, 1.54) is 0 Å². The van der Waals surface area contributed by atoms with Gasteiger partial charge >= 0.3 is 0 Å². The smallest absolute Gasteiger partial charge is 0.223 e. The van der Waals surface area contributed by atoms with Crippen molar-refractivity contribution in [2.45, 2.75) is 37.8 Å². The van der Waals surface area contributed by atoms with Crippen LogP contribution in [0.25, 0.3) is 11.0 Å². The van der Waals surface area contributed by atoms with Gasteiger partial charge in [-0.25, -0.2) is 4.98 Å². The molecule has 3 heterocycles. The van der Waals surface area contributed by atoms with Crippen molar-refractivity contribution in [1.82, 2.24) is 14.5 Å². The minimum atomic E-state index is 0.100. The molecule has 0 radical (unpaired) electrons. The summed E-state index contributed by atoms with van der Waals surface area (Å²) in [4.78, 5) is 19.6. The minimum absolute atomic E-state index is 0.100. The third kappa shape index (κ3) is 3.92. The van der Waals surface area contributed by atoms with Crippen molar-refractivity contribution >= 4 is 16.9 Å². The summed E-state index contributed by atoms with van der Waals surface area (Å²) in [5.74, 6) is 2.15. The Morgan fingerprint density at radius 1 is 1.10 bits per heavy atom. The number of likely N-dealkylation sites (tertiary alicyclic amines) is 1. The van der Waals surface area contributed by atoms with Crippen LogP contribution in [0, 0.1) is 0 Å². The molecule has 2 saturated heterocycles. The standard InChI is InChI=1S/C24H27N3O3/c28-23-15-18(16-26(23)17-20-9-6-13-29-20)24-25-21-10-4-5-11-22(21)27(24)12-14-30-19-7-2-1-3-8-19/h1-5,7-8,10-11,18,20H,6,9,12-17H2/t18-,20-/m0/s1. The normalized spacial score (nSPS) is 21.6. The van der Waals surface area contributed by atoms with Gasteiger partial charge < -0.3 is 18.9 Å². The zero-order valence-corrected chi connectivity index (χ0v) is 17.1. The molecule has 2 aliphatic heterocycles. The largest absolute Gasteiger partial charge is 0.492 e. The highest BCUT2D eigenvalue weighted by atomic mass is 16.5. The van der Waals surface area contributed by atoms with E-state index in [9.17, 15) is 4.79 Å². The van der Waals surface area contributed by atoms with Crippen molar-refractivity contribution in [1.29, 1.82) is 0 Å². The van der Waals surface area contributed by atoms with Crippen LogP contribution in [0.1, 0.15) is 31.0 Å². The highest BCUT2D eigenvalue weighted by Crippen LogP contribution is 2.31. The average molecular weight is 405 g/mol. The van der Waals surface area contributed by atoms with Crippen LogP contribution < -0.4 is 4.74 Å². The molecule has 0 aliphatic carbocycles. The highest BCUT2D eigenvalue weighted by molar-refractivity contribution is 5.81. The number of carbonyl (C=O) groups excluding carboxylic acids is 1. The summed E-state index contributed by atoms with van der Waals surface area (Å²) in [6, 6.07) is 18.0. The predicted octanol–water partition coefficient (Wildman–Crippen LogP) is 3.61. The van der Waals surface area contributed by atoms with E-state index in [0.29, 0.717) is 32.7 Å². The number of ether oxygens (including phenoxy) is 2. The third-order valence-corrected chi connectivity index (χ3v) is 6.04. The van der Waals surface area contributed by atoms with E-state index in [4.69, 9.17) is 14.5 Å². The Labute approximate surface area is 176 Å². The lowest BCUT2D eigenvalue weighted by Gasteiger charge is -2.20. The Kier molecular flexibility index (Phi) is 5.41. The maximum absolute atomic E-state index is 12.7. The van der Waals surface area contributed by atoms with Gasteiger partial charge in [0.25, 0.3) is 0 Å². The van der Waals surface area contributed by atoms with Crippen molar-refractivity contribution in [3.8, 4) is 5.75 Å². The summed E-state index contributed by atoms with van der Waals surface area (Å²) >= 11 is 0. The van der Waals surface area contributed by atoms with E-state index in [0.717, 1.165) is 42.1 Å². The van der Waals surface area contributed by atoms with Gasteiger partial charge in [-0.15, -0.1) is 0 Å². The predicted molar refractivity (Wildman–Crippen MR) is 115 cm³/mol. The molecular weight excluding hydrogens is 378 g/mol. The fourth-order valence-corrected chi connectivity index (χ4v) is 4.57. The van der Waals surface area contributed by atoms with Crippen molar-refractivity contribution in [3.05, 3.63) is 60.4 Å². The lowest BCUT2D eigenvalue weighted by atomic mass is 10.1. The SMILES string of the molecule is O=C1C[C@H](c2nc3ccccc3n2CCOc2ccccc2)CN1C[C@@H]1CCCO1. The van der Waals surface area contributed by atoms with E-state index in [-0.39, 0.29) is 17.9 Å². The number of nitrogens with zero attached hydrogens (tertiary/aromatic N) is 3. The minimum Gasteiger partial charge on any atom is -0.492 e. The molecule has 6 heteroatoms. The molecule has 3 aromatic rings. The molecule has 0 saturated carbocycles. The molecule has 1 aromatic heterocycles. The van der Waals surface area contributed by atoms with Gasteiger partial charge in [-0.1, -0.05) is 30.3 Å². The maximum Gasteiger partial charge on any atom is 0.223 e. The van der Waals surface area contributed by atoms with Crippen LogP contribution in [-0.4, -0.2) is 52.8 Å². The monoisotopic (exact) mass is 405 g/mol. The van der Waals surface area contributed by atoms with Crippen LogP contribution in [0.4, 0.5) is 0 Å². The average Bonchev–Trinajstić information content (AvgIpc) is 3.49. The second-order valence-corrected chi connectivity index (χ2v) is 8.11. The summed E-state index contributed by atoms with van der Waals surface area (Å²) in [5, 5.41) is 0. The van der Waals surface area contributed by atoms with Crippen LogP contribution >= 0.6 is 0 Å². The number of hydrogen-bond donors (Lipinski definition) is 0. The fraction of sp³-hybridized carbons (Fsp3) is 0.417. The van der Waals surface area contributed by atoms with Gasteiger partial charge in [-0.05, 0) is 37.1 Å². The molecular formula is C24H27N3O3. The Hall–Kier alpha value is -2.86. The number of carbonyl (C=O) groups is 1. The summed E-state index contributed by atoms with van der Waals surface area (Å²) in [6.07, 6.45) is 2.83. The van der Waals surface area contributed by atoms with Gasteiger partial charge in [0.1, 0.15) is 18.2 Å². The van der Waals surface area contributed by atoms with Crippen LogP contribution in [-0.2, 0) is 16.1 Å². The zero-order chi connectivity index (χ0) is 20.3. The van der Waals surface area contributed by atoms with E-state index in [1.807, 2.05) is 53.4 Å². The fourth-order valence-electron chi connectivity index (χ4n) is 4.57. The molecule has 5 rings (SSSR count). The lowest BCUT2D eigenvalue weighted by molar-refractivity contribution is -0.129. The molecule has 0 bridgehead atoms. The quantitative estimate of drug-likeness (QED) is 0.603. The lowest BCUT2D eigenvalue weighted by Crippen LogP contribution is -2.33. The Morgan fingerprint density at radius 2 is 1.93 bits per heavy atom. The van der Waals surface area contributed by atoms with E-state index in [1.54, 1.807) is 0 Å². The van der Waals surface area contributed by atoms with Crippen molar-refractivity contribution in [2.75, 3.05) is 26.3 Å². The molecule has 0 N–H and O–H groups in total. The molecule has 2 aromatic carbocycles. The van der Waals surface area contributed by atoms with Crippen LogP contribution in [0.5, 0.6) is 5.75 Å². The first-order chi connectivity index (χ1) is 14.8.